The van der Waals surface area contributed by atoms with Crippen molar-refractivity contribution in [3.8, 4) is 5.75 Å². The monoisotopic (exact) mass is 382 g/mol. The van der Waals surface area contributed by atoms with E-state index in [-0.39, 0.29) is 18.4 Å². The Kier molecular flexibility index (Phi) is 5.35. The fourth-order valence-electron chi connectivity index (χ4n) is 2.90. The molecule has 7 heteroatoms. The van der Waals surface area contributed by atoms with Gasteiger partial charge in [0.1, 0.15) is 5.75 Å². The average Bonchev–Trinajstić information content (AvgIpc) is 2.90. The number of ether oxygens (including phenoxy) is 2. The standard InChI is InChI=1S/C21H22N2O5/c1-4-27-18(24)12-28-15-8-6-14(7-9-15)22-19(25)13-5-10-17-16(11-13)21(2,3)20(26)23-17/h5-11H,4,12H2,1-3H3,(H,22,25)(H,23,26). The zero-order valence-corrected chi connectivity index (χ0v) is 16.0. The number of hydrogen-bond acceptors (Lipinski definition) is 5. The van der Waals surface area contributed by atoms with Crippen LogP contribution in [0.3, 0.4) is 0 Å². The first-order chi connectivity index (χ1) is 13.3. The lowest BCUT2D eigenvalue weighted by Gasteiger charge is -2.15. The van der Waals surface area contributed by atoms with E-state index in [1.807, 2.05) is 13.8 Å². The molecule has 1 aliphatic heterocycles. The predicted molar refractivity (Wildman–Crippen MR) is 105 cm³/mol. The summed E-state index contributed by atoms with van der Waals surface area (Å²) in [5, 5.41) is 5.63. The number of carbonyl (C=O) groups excluding carboxylic acids is 3. The molecular weight excluding hydrogens is 360 g/mol. The summed E-state index contributed by atoms with van der Waals surface area (Å²) in [4.78, 5) is 35.9. The topological polar surface area (TPSA) is 93.7 Å². The van der Waals surface area contributed by atoms with Crippen molar-refractivity contribution in [2.75, 3.05) is 23.8 Å². The molecule has 0 fully saturated rings. The first kappa shape index (κ1) is 19.4. The van der Waals surface area contributed by atoms with E-state index in [2.05, 4.69) is 10.6 Å². The molecule has 2 aromatic carbocycles. The summed E-state index contributed by atoms with van der Waals surface area (Å²) < 4.78 is 10.1. The third-order valence-electron chi connectivity index (χ3n) is 4.55. The molecule has 7 nitrogen and oxygen atoms in total. The molecule has 0 saturated carbocycles. The molecule has 1 heterocycles. The molecule has 0 atom stereocenters. The summed E-state index contributed by atoms with van der Waals surface area (Å²) in [5.74, 6) is -0.307. The lowest BCUT2D eigenvalue weighted by Crippen LogP contribution is -2.27. The number of rotatable bonds is 6. The third kappa shape index (κ3) is 3.98. The Hall–Kier alpha value is -3.35. The van der Waals surface area contributed by atoms with E-state index in [1.54, 1.807) is 49.4 Å². The van der Waals surface area contributed by atoms with Crippen LogP contribution in [-0.2, 0) is 19.7 Å². The van der Waals surface area contributed by atoms with E-state index >= 15 is 0 Å². The van der Waals surface area contributed by atoms with Crippen LogP contribution in [0.2, 0.25) is 0 Å². The Bertz CT molecular complexity index is 919. The Morgan fingerprint density at radius 2 is 1.82 bits per heavy atom. The zero-order valence-electron chi connectivity index (χ0n) is 16.0. The maximum Gasteiger partial charge on any atom is 0.344 e. The van der Waals surface area contributed by atoms with Gasteiger partial charge in [-0.25, -0.2) is 4.79 Å². The lowest BCUT2D eigenvalue weighted by atomic mass is 9.85. The molecule has 2 amide bonds. The van der Waals surface area contributed by atoms with E-state index in [4.69, 9.17) is 9.47 Å². The van der Waals surface area contributed by atoms with Gasteiger partial charge >= 0.3 is 5.97 Å². The number of esters is 1. The van der Waals surface area contributed by atoms with Crippen molar-refractivity contribution in [2.24, 2.45) is 0 Å². The molecule has 28 heavy (non-hydrogen) atoms. The zero-order chi connectivity index (χ0) is 20.3. The van der Waals surface area contributed by atoms with Crippen LogP contribution in [0, 0.1) is 0 Å². The number of amides is 2. The maximum absolute atomic E-state index is 12.6. The number of fused-ring (bicyclic) bond motifs is 1. The maximum atomic E-state index is 12.6. The van der Waals surface area contributed by atoms with Crippen LogP contribution in [0.1, 0.15) is 36.7 Å². The van der Waals surface area contributed by atoms with Crippen LogP contribution < -0.4 is 15.4 Å². The highest BCUT2D eigenvalue weighted by Gasteiger charge is 2.38. The number of hydrogen-bond donors (Lipinski definition) is 2. The second-order valence-electron chi connectivity index (χ2n) is 6.91. The number of nitrogens with one attached hydrogen (secondary N) is 2. The van der Waals surface area contributed by atoms with Gasteiger partial charge in [0.15, 0.2) is 6.61 Å². The minimum atomic E-state index is -0.677. The van der Waals surface area contributed by atoms with Crippen molar-refractivity contribution in [3.63, 3.8) is 0 Å². The highest BCUT2D eigenvalue weighted by molar-refractivity contribution is 6.09. The van der Waals surface area contributed by atoms with Crippen LogP contribution in [0.25, 0.3) is 0 Å². The van der Waals surface area contributed by atoms with Crippen molar-refractivity contribution in [1.82, 2.24) is 0 Å². The van der Waals surface area contributed by atoms with Gasteiger partial charge in [0, 0.05) is 16.9 Å². The summed E-state index contributed by atoms with van der Waals surface area (Å²) in [6, 6.07) is 11.8. The molecule has 0 radical (unpaired) electrons. The molecule has 2 N–H and O–H groups in total. The smallest absolute Gasteiger partial charge is 0.344 e. The Morgan fingerprint density at radius 3 is 2.50 bits per heavy atom. The molecule has 0 spiro atoms. The summed E-state index contributed by atoms with van der Waals surface area (Å²) in [7, 11) is 0. The van der Waals surface area contributed by atoms with Crippen molar-refractivity contribution in [2.45, 2.75) is 26.2 Å². The minimum Gasteiger partial charge on any atom is -0.482 e. The SMILES string of the molecule is CCOC(=O)COc1ccc(NC(=O)c2ccc3c(c2)C(C)(C)C(=O)N3)cc1. The van der Waals surface area contributed by atoms with Crippen molar-refractivity contribution in [1.29, 1.82) is 0 Å². The van der Waals surface area contributed by atoms with E-state index in [9.17, 15) is 14.4 Å². The minimum absolute atomic E-state index is 0.0848. The van der Waals surface area contributed by atoms with Crippen molar-refractivity contribution >= 4 is 29.2 Å². The molecule has 0 aliphatic carbocycles. The van der Waals surface area contributed by atoms with Crippen LogP contribution >= 0.6 is 0 Å². The van der Waals surface area contributed by atoms with Gasteiger partial charge in [-0.3, -0.25) is 9.59 Å². The fourth-order valence-corrected chi connectivity index (χ4v) is 2.90. The highest BCUT2D eigenvalue weighted by atomic mass is 16.6. The summed E-state index contributed by atoms with van der Waals surface area (Å²) in [5.41, 5.74) is 1.90. The molecule has 2 aromatic rings. The fraction of sp³-hybridized carbons (Fsp3) is 0.286. The van der Waals surface area contributed by atoms with Gasteiger partial charge in [-0.05, 0) is 68.8 Å². The second kappa shape index (κ2) is 7.72. The van der Waals surface area contributed by atoms with Crippen molar-refractivity contribution in [3.05, 3.63) is 53.6 Å². The molecule has 146 valence electrons. The van der Waals surface area contributed by atoms with Crippen LogP contribution in [0.5, 0.6) is 5.75 Å². The molecule has 3 rings (SSSR count). The van der Waals surface area contributed by atoms with E-state index in [0.29, 0.717) is 23.6 Å². The molecule has 0 saturated heterocycles. The van der Waals surface area contributed by atoms with Crippen LogP contribution in [-0.4, -0.2) is 31.0 Å². The largest absolute Gasteiger partial charge is 0.482 e. The number of anilines is 2. The van der Waals surface area contributed by atoms with Gasteiger partial charge in [-0.1, -0.05) is 0 Å². The second-order valence-corrected chi connectivity index (χ2v) is 6.91. The van der Waals surface area contributed by atoms with Gasteiger partial charge in [0.05, 0.1) is 12.0 Å². The Balaban J connectivity index is 1.65. The Morgan fingerprint density at radius 1 is 1.11 bits per heavy atom. The van der Waals surface area contributed by atoms with Crippen molar-refractivity contribution < 1.29 is 23.9 Å². The molecule has 0 aromatic heterocycles. The predicted octanol–water partition coefficient (Wildman–Crippen LogP) is 3.11. The normalized spacial score (nSPS) is 14.0. The van der Waals surface area contributed by atoms with Gasteiger partial charge in [-0.15, -0.1) is 0 Å². The molecule has 0 unspecified atom stereocenters. The molecule has 0 bridgehead atoms. The third-order valence-corrected chi connectivity index (χ3v) is 4.55. The van der Waals surface area contributed by atoms with Gasteiger partial charge < -0.3 is 20.1 Å². The van der Waals surface area contributed by atoms with E-state index < -0.39 is 11.4 Å². The summed E-state index contributed by atoms with van der Waals surface area (Å²) in [6.07, 6.45) is 0. The van der Waals surface area contributed by atoms with Crippen LogP contribution in [0.15, 0.2) is 42.5 Å². The highest BCUT2D eigenvalue weighted by Crippen LogP contribution is 2.37. The van der Waals surface area contributed by atoms with Gasteiger partial charge in [0.25, 0.3) is 5.91 Å². The first-order valence-electron chi connectivity index (χ1n) is 8.97. The number of carbonyl (C=O) groups is 3. The van der Waals surface area contributed by atoms with E-state index in [0.717, 1.165) is 11.3 Å². The van der Waals surface area contributed by atoms with E-state index in [1.165, 1.54) is 0 Å². The lowest BCUT2D eigenvalue weighted by molar-refractivity contribution is -0.145. The molecule has 1 aliphatic rings. The van der Waals surface area contributed by atoms with Crippen LogP contribution in [0.4, 0.5) is 11.4 Å². The number of benzene rings is 2. The summed E-state index contributed by atoms with van der Waals surface area (Å²) in [6.45, 7) is 5.51. The first-order valence-corrected chi connectivity index (χ1v) is 8.97. The summed E-state index contributed by atoms with van der Waals surface area (Å²) >= 11 is 0. The Labute approximate surface area is 163 Å². The quantitative estimate of drug-likeness (QED) is 0.749. The molecular formula is C21H22N2O5. The van der Waals surface area contributed by atoms with Gasteiger partial charge in [0.2, 0.25) is 5.91 Å². The van der Waals surface area contributed by atoms with Gasteiger partial charge in [-0.2, -0.15) is 0 Å². The average molecular weight is 382 g/mol.